The highest BCUT2D eigenvalue weighted by molar-refractivity contribution is 8.01. The average Bonchev–Trinajstić information content (AvgIpc) is 3.12. The Labute approximate surface area is 172 Å². The summed E-state index contributed by atoms with van der Waals surface area (Å²) in [7, 11) is 0.128. The van der Waals surface area contributed by atoms with E-state index in [1.807, 2.05) is 0 Å². The Kier molecular flexibility index (Phi) is 6.58. The summed E-state index contributed by atoms with van der Waals surface area (Å²) in [5.74, 6) is -0.957. The lowest BCUT2D eigenvalue weighted by Crippen LogP contribution is -2.42. The number of carboxylic acid groups (broad SMARTS) is 1. The van der Waals surface area contributed by atoms with Crippen molar-refractivity contribution in [2.45, 2.75) is 31.0 Å². The van der Waals surface area contributed by atoms with E-state index in [9.17, 15) is 24.5 Å². The van der Waals surface area contributed by atoms with Crippen molar-refractivity contribution in [2.24, 2.45) is 0 Å². The number of nitrogens with one attached hydrogen (secondary N) is 1. The van der Waals surface area contributed by atoms with Crippen LogP contribution in [0.15, 0.2) is 12.1 Å². The van der Waals surface area contributed by atoms with Gasteiger partial charge in [-0.25, -0.2) is 4.79 Å². The van der Waals surface area contributed by atoms with Gasteiger partial charge in [0.25, 0.3) is 0 Å². The largest absolute Gasteiger partial charge is 0.536 e. The normalized spacial score (nSPS) is 20.7. The number of likely N-dealkylation sites (tertiary alicyclic amines) is 1. The number of aromatic carboxylic acids is 1. The molecular formula is C18H23BN2O7S. The van der Waals surface area contributed by atoms with Crippen LogP contribution in [0.3, 0.4) is 0 Å². The van der Waals surface area contributed by atoms with Gasteiger partial charge in [-0.15, -0.1) is 11.8 Å². The number of methoxy groups -OCH3 is 1. The fraction of sp³-hybridized carbons (Fsp3) is 0.500. The predicted octanol–water partition coefficient (Wildman–Crippen LogP) is 0.187. The zero-order chi connectivity index (χ0) is 21.1. The van der Waals surface area contributed by atoms with Crippen LogP contribution in [0.4, 0.5) is 0 Å². The first-order valence-electron chi connectivity index (χ1n) is 9.24. The molecule has 0 aliphatic carbocycles. The van der Waals surface area contributed by atoms with Crippen LogP contribution in [-0.2, 0) is 16.0 Å². The molecule has 2 atom stereocenters. The molecule has 3 rings (SSSR count). The van der Waals surface area contributed by atoms with E-state index in [4.69, 9.17) is 9.39 Å². The van der Waals surface area contributed by atoms with Crippen LogP contribution in [0.1, 0.15) is 29.3 Å². The molecule has 0 spiro atoms. The molecule has 9 nitrogen and oxygen atoms in total. The zero-order valence-electron chi connectivity index (χ0n) is 16.2. The number of carbonyl (C=O) groups is 3. The number of benzene rings is 1. The van der Waals surface area contributed by atoms with Gasteiger partial charge in [-0.2, -0.15) is 0 Å². The van der Waals surface area contributed by atoms with Crippen LogP contribution < -0.4 is 14.7 Å². The molecule has 0 saturated carbocycles. The molecule has 2 amide bonds. The van der Waals surface area contributed by atoms with Crippen LogP contribution in [0.5, 0.6) is 11.5 Å². The Morgan fingerprint density at radius 1 is 1.41 bits per heavy atom. The molecule has 2 heterocycles. The number of hydrogen-bond donors (Lipinski definition) is 3. The number of amides is 2. The summed E-state index contributed by atoms with van der Waals surface area (Å²) in [5, 5.41) is 22.2. The Bertz CT molecular complexity index is 822. The Balaban J connectivity index is 1.61. The highest BCUT2D eigenvalue weighted by Gasteiger charge is 2.39. The molecular weight excluding hydrogens is 399 g/mol. The van der Waals surface area contributed by atoms with Gasteiger partial charge in [-0.05, 0) is 24.5 Å². The minimum Gasteiger partial charge on any atom is -0.534 e. The number of carbonyl (C=O) groups excluding carboxylic acids is 2. The molecule has 11 heteroatoms. The third-order valence-electron chi connectivity index (χ3n) is 4.98. The van der Waals surface area contributed by atoms with Gasteiger partial charge in [-0.3, -0.25) is 9.59 Å². The first-order valence-corrected chi connectivity index (χ1v) is 10.3. The molecule has 1 aromatic carbocycles. The van der Waals surface area contributed by atoms with Crippen molar-refractivity contribution in [3.63, 3.8) is 0 Å². The molecule has 3 N–H and O–H groups in total. The van der Waals surface area contributed by atoms with E-state index < -0.39 is 18.2 Å². The summed E-state index contributed by atoms with van der Waals surface area (Å²) in [5.41, 5.74) is 0.523. The zero-order valence-corrected chi connectivity index (χ0v) is 17.0. The van der Waals surface area contributed by atoms with Crippen molar-refractivity contribution in [2.75, 3.05) is 26.0 Å². The Morgan fingerprint density at radius 3 is 2.83 bits per heavy atom. The molecule has 1 aromatic rings. The number of carboxylic acids is 1. The lowest BCUT2D eigenvalue weighted by Gasteiger charge is -2.29. The van der Waals surface area contributed by atoms with Gasteiger partial charge >= 0.3 is 13.1 Å². The minimum absolute atomic E-state index is 0.0265. The monoisotopic (exact) mass is 422 g/mol. The van der Waals surface area contributed by atoms with Gasteiger partial charge in [0, 0.05) is 26.1 Å². The second kappa shape index (κ2) is 8.96. The van der Waals surface area contributed by atoms with Crippen molar-refractivity contribution in [3.8, 4) is 11.5 Å². The summed E-state index contributed by atoms with van der Waals surface area (Å²) < 4.78 is 10.6. The highest BCUT2D eigenvalue weighted by atomic mass is 32.2. The predicted molar refractivity (Wildman–Crippen MR) is 107 cm³/mol. The van der Waals surface area contributed by atoms with E-state index in [0.29, 0.717) is 25.1 Å². The second-order valence-electron chi connectivity index (χ2n) is 7.02. The minimum atomic E-state index is -1.24. The molecule has 2 unspecified atom stereocenters. The van der Waals surface area contributed by atoms with Crippen molar-refractivity contribution in [3.05, 3.63) is 23.3 Å². The van der Waals surface area contributed by atoms with Crippen LogP contribution in [-0.4, -0.2) is 77.1 Å². The van der Waals surface area contributed by atoms with E-state index >= 15 is 0 Å². The summed E-state index contributed by atoms with van der Waals surface area (Å²) in [6.45, 7) is 2.51. The van der Waals surface area contributed by atoms with Gasteiger partial charge in [-0.1, -0.05) is 6.07 Å². The molecule has 156 valence electrons. The average molecular weight is 422 g/mol. The third kappa shape index (κ3) is 4.78. The van der Waals surface area contributed by atoms with Crippen molar-refractivity contribution >= 4 is 36.7 Å². The molecule has 0 aromatic heterocycles. The molecule has 1 fully saturated rings. The maximum Gasteiger partial charge on any atom is 0.536 e. The fourth-order valence-corrected chi connectivity index (χ4v) is 4.65. The number of nitrogens with zero attached hydrogens (tertiary/aromatic N) is 1. The number of ether oxygens (including phenoxy) is 1. The molecule has 0 radical (unpaired) electrons. The van der Waals surface area contributed by atoms with Crippen molar-refractivity contribution in [1.29, 1.82) is 0 Å². The van der Waals surface area contributed by atoms with Crippen LogP contribution in [0.2, 0.25) is 0 Å². The number of fused-ring (bicyclic) bond motifs is 1. The molecule has 2 aliphatic heterocycles. The number of hydrogen-bond acceptors (Lipinski definition) is 7. The Morgan fingerprint density at radius 2 is 2.17 bits per heavy atom. The maximum atomic E-state index is 12.5. The SMILES string of the molecule is COc1ccc2c(c1C(=O)O)OB(O)C(SCC(=O)N1CCC(NC(C)=O)C1)C2. The van der Waals surface area contributed by atoms with Crippen LogP contribution in [0.25, 0.3) is 0 Å². The lowest BCUT2D eigenvalue weighted by atomic mass is 9.77. The number of rotatable bonds is 6. The standard InChI is InChI=1S/C18H23BN2O7S/c1-10(22)20-12-5-6-21(8-12)15(23)9-29-14-7-11-3-4-13(27-2)16(18(24)25)17(11)28-19(14)26/h3-4,12,14,26H,5-9H2,1-2H3,(H,20,22)(H,24,25). The van der Waals surface area contributed by atoms with Crippen LogP contribution in [0, 0.1) is 0 Å². The van der Waals surface area contributed by atoms with Crippen LogP contribution >= 0.6 is 11.8 Å². The van der Waals surface area contributed by atoms with Gasteiger partial charge in [0.2, 0.25) is 11.8 Å². The topological polar surface area (TPSA) is 125 Å². The van der Waals surface area contributed by atoms with Crippen molar-refractivity contribution in [1.82, 2.24) is 10.2 Å². The summed E-state index contributed by atoms with van der Waals surface area (Å²) in [6, 6.07) is 3.24. The summed E-state index contributed by atoms with van der Waals surface area (Å²) >= 11 is 1.27. The third-order valence-corrected chi connectivity index (χ3v) is 6.22. The van der Waals surface area contributed by atoms with E-state index in [-0.39, 0.29) is 40.7 Å². The lowest BCUT2D eigenvalue weighted by molar-refractivity contribution is -0.127. The fourth-order valence-electron chi connectivity index (χ4n) is 3.59. The van der Waals surface area contributed by atoms with E-state index in [0.717, 1.165) is 6.42 Å². The summed E-state index contributed by atoms with van der Waals surface area (Å²) in [6.07, 6.45) is 1.09. The van der Waals surface area contributed by atoms with Gasteiger partial charge in [0.05, 0.1) is 18.0 Å². The van der Waals surface area contributed by atoms with Gasteiger partial charge in [0.15, 0.2) is 0 Å². The van der Waals surface area contributed by atoms with Gasteiger partial charge in [0.1, 0.15) is 17.1 Å². The van der Waals surface area contributed by atoms with E-state index in [1.54, 1.807) is 17.0 Å². The van der Waals surface area contributed by atoms with Gasteiger partial charge < -0.3 is 29.7 Å². The molecule has 0 bridgehead atoms. The van der Waals surface area contributed by atoms with E-state index in [2.05, 4.69) is 5.32 Å². The molecule has 29 heavy (non-hydrogen) atoms. The number of thioether (sulfide) groups is 1. The highest BCUT2D eigenvalue weighted by Crippen LogP contribution is 2.38. The second-order valence-corrected chi connectivity index (χ2v) is 8.25. The first kappa shape index (κ1) is 21.3. The van der Waals surface area contributed by atoms with Crippen molar-refractivity contribution < 1.29 is 33.9 Å². The molecule has 2 aliphatic rings. The maximum absolute atomic E-state index is 12.5. The van der Waals surface area contributed by atoms with E-state index in [1.165, 1.54) is 25.8 Å². The Hall–Kier alpha value is -2.40. The smallest absolute Gasteiger partial charge is 0.534 e. The molecule has 1 saturated heterocycles. The summed E-state index contributed by atoms with van der Waals surface area (Å²) in [4.78, 5) is 36.9. The quantitative estimate of drug-likeness (QED) is 0.555. The first-order chi connectivity index (χ1) is 13.8.